The third kappa shape index (κ3) is 4.69. The first-order chi connectivity index (χ1) is 14.6. The summed E-state index contributed by atoms with van der Waals surface area (Å²) >= 11 is 0. The molecule has 1 amide bonds. The van der Waals surface area contributed by atoms with Crippen molar-refractivity contribution in [1.82, 2.24) is 4.90 Å². The van der Waals surface area contributed by atoms with Gasteiger partial charge in [0.15, 0.2) is 0 Å². The number of benzene rings is 3. The van der Waals surface area contributed by atoms with Crippen LogP contribution in [0, 0.1) is 12.7 Å². The molecule has 4 nitrogen and oxygen atoms in total. The number of rotatable bonds is 5. The van der Waals surface area contributed by atoms with Gasteiger partial charge >= 0.3 is 0 Å². The molecule has 30 heavy (non-hydrogen) atoms. The van der Waals surface area contributed by atoms with Crippen LogP contribution in [0.5, 0.6) is 0 Å². The Morgan fingerprint density at radius 3 is 2.13 bits per heavy atom. The Hall–Kier alpha value is -3.18. The third-order valence-electron chi connectivity index (χ3n) is 5.55. The van der Waals surface area contributed by atoms with Crippen molar-refractivity contribution in [2.75, 3.05) is 36.4 Å². The highest BCUT2D eigenvalue weighted by atomic mass is 19.1. The number of amides is 1. The monoisotopic (exact) mass is 403 g/mol. The van der Waals surface area contributed by atoms with E-state index in [9.17, 15) is 9.18 Å². The van der Waals surface area contributed by atoms with E-state index >= 15 is 0 Å². The standard InChI is InChI=1S/C25H26FN3O/c1-19-7-11-22(12-8-19)27-25(30)24(20-5-3-2-4-6-20)29-17-15-28(16-18-29)23-13-9-21(26)10-14-23/h2-14,24H,15-18H2,1H3,(H,27,30). The lowest BCUT2D eigenvalue weighted by Gasteiger charge is -2.39. The summed E-state index contributed by atoms with van der Waals surface area (Å²) in [5.41, 5.74) is 3.95. The van der Waals surface area contributed by atoms with E-state index in [1.807, 2.05) is 73.7 Å². The van der Waals surface area contributed by atoms with Gasteiger partial charge in [-0.05, 0) is 48.9 Å². The molecule has 5 heteroatoms. The first-order valence-corrected chi connectivity index (χ1v) is 10.3. The SMILES string of the molecule is Cc1ccc(NC(=O)C(c2ccccc2)N2CCN(c3ccc(F)cc3)CC2)cc1. The molecule has 1 atom stereocenters. The highest BCUT2D eigenvalue weighted by Gasteiger charge is 2.30. The van der Waals surface area contributed by atoms with E-state index in [0.29, 0.717) is 0 Å². The van der Waals surface area contributed by atoms with Gasteiger partial charge in [-0.15, -0.1) is 0 Å². The van der Waals surface area contributed by atoms with Crippen LogP contribution in [0.15, 0.2) is 78.9 Å². The van der Waals surface area contributed by atoms with Crippen molar-refractivity contribution in [3.63, 3.8) is 0 Å². The van der Waals surface area contributed by atoms with Gasteiger partial charge in [0.1, 0.15) is 11.9 Å². The Kier molecular flexibility index (Phi) is 6.10. The average molecular weight is 404 g/mol. The fraction of sp³-hybridized carbons (Fsp3) is 0.240. The number of hydrogen-bond acceptors (Lipinski definition) is 3. The molecule has 0 bridgehead atoms. The van der Waals surface area contributed by atoms with Crippen LogP contribution in [0.3, 0.4) is 0 Å². The second-order valence-corrected chi connectivity index (χ2v) is 7.67. The summed E-state index contributed by atoms with van der Waals surface area (Å²) in [6.45, 7) is 5.09. The number of anilines is 2. The molecule has 1 saturated heterocycles. The molecule has 1 fully saturated rings. The Morgan fingerprint density at radius 2 is 1.50 bits per heavy atom. The van der Waals surface area contributed by atoms with Crippen LogP contribution in [0.2, 0.25) is 0 Å². The quantitative estimate of drug-likeness (QED) is 0.674. The van der Waals surface area contributed by atoms with Crippen LogP contribution < -0.4 is 10.2 Å². The van der Waals surface area contributed by atoms with E-state index < -0.39 is 0 Å². The van der Waals surface area contributed by atoms with Gasteiger partial charge in [-0.1, -0.05) is 48.0 Å². The topological polar surface area (TPSA) is 35.6 Å². The Labute approximate surface area is 176 Å². The number of nitrogens with one attached hydrogen (secondary N) is 1. The number of halogens is 1. The summed E-state index contributed by atoms with van der Waals surface area (Å²) in [5, 5.41) is 3.08. The molecule has 1 N–H and O–H groups in total. The number of carbonyl (C=O) groups is 1. The number of nitrogens with zero attached hydrogens (tertiary/aromatic N) is 2. The first-order valence-electron chi connectivity index (χ1n) is 10.3. The van der Waals surface area contributed by atoms with Crippen LogP contribution >= 0.6 is 0 Å². The lowest BCUT2D eigenvalue weighted by molar-refractivity contribution is -0.121. The molecular formula is C25H26FN3O. The zero-order valence-electron chi connectivity index (χ0n) is 17.1. The van der Waals surface area contributed by atoms with E-state index in [-0.39, 0.29) is 17.8 Å². The van der Waals surface area contributed by atoms with E-state index in [1.165, 1.54) is 12.1 Å². The molecule has 0 radical (unpaired) electrons. The number of aryl methyl sites for hydroxylation is 1. The molecule has 0 aliphatic carbocycles. The smallest absolute Gasteiger partial charge is 0.246 e. The van der Waals surface area contributed by atoms with E-state index in [4.69, 9.17) is 0 Å². The molecule has 0 spiro atoms. The predicted molar refractivity (Wildman–Crippen MR) is 119 cm³/mol. The van der Waals surface area contributed by atoms with Crippen molar-refractivity contribution >= 4 is 17.3 Å². The van der Waals surface area contributed by atoms with Crippen molar-refractivity contribution in [2.24, 2.45) is 0 Å². The van der Waals surface area contributed by atoms with Crippen LogP contribution in [0.4, 0.5) is 15.8 Å². The number of carbonyl (C=O) groups excluding carboxylic acids is 1. The number of piperazine rings is 1. The normalized spacial score (nSPS) is 15.6. The maximum Gasteiger partial charge on any atom is 0.246 e. The van der Waals surface area contributed by atoms with Crippen molar-refractivity contribution in [2.45, 2.75) is 13.0 Å². The third-order valence-corrected chi connectivity index (χ3v) is 5.55. The van der Waals surface area contributed by atoms with Crippen LogP contribution in [0.1, 0.15) is 17.2 Å². The molecule has 1 heterocycles. The van der Waals surface area contributed by atoms with Gasteiger partial charge in [-0.2, -0.15) is 0 Å². The Balaban J connectivity index is 1.50. The highest BCUT2D eigenvalue weighted by molar-refractivity contribution is 5.95. The minimum atomic E-state index is -0.358. The molecule has 1 aliphatic heterocycles. The van der Waals surface area contributed by atoms with Gasteiger partial charge in [0.25, 0.3) is 0 Å². The van der Waals surface area contributed by atoms with Crippen molar-refractivity contribution in [3.05, 3.63) is 95.8 Å². The zero-order chi connectivity index (χ0) is 20.9. The highest BCUT2D eigenvalue weighted by Crippen LogP contribution is 2.26. The minimum absolute atomic E-state index is 0.0275. The maximum absolute atomic E-state index is 13.3. The van der Waals surface area contributed by atoms with Gasteiger partial charge in [0.05, 0.1) is 0 Å². The fourth-order valence-electron chi connectivity index (χ4n) is 3.90. The van der Waals surface area contributed by atoms with Crippen molar-refractivity contribution in [3.8, 4) is 0 Å². The minimum Gasteiger partial charge on any atom is -0.369 e. The molecule has 154 valence electrons. The van der Waals surface area contributed by atoms with Crippen LogP contribution in [-0.2, 0) is 4.79 Å². The van der Waals surface area contributed by atoms with E-state index in [2.05, 4.69) is 15.1 Å². The van der Waals surface area contributed by atoms with E-state index in [1.54, 1.807) is 0 Å². The summed E-state index contributed by atoms with van der Waals surface area (Å²) in [6.07, 6.45) is 0. The molecule has 1 unspecified atom stereocenters. The molecular weight excluding hydrogens is 377 g/mol. The second-order valence-electron chi connectivity index (χ2n) is 7.67. The summed E-state index contributed by atoms with van der Waals surface area (Å²) in [4.78, 5) is 17.7. The molecule has 0 aromatic heterocycles. The summed E-state index contributed by atoms with van der Waals surface area (Å²) in [7, 11) is 0. The average Bonchev–Trinajstić information content (AvgIpc) is 2.77. The summed E-state index contributed by atoms with van der Waals surface area (Å²) in [6, 6.07) is 24.0. The van der Waals surface area contributed by atoms with Gasteiger partial charge in [-0.25, -0.2) is 4.39 Å². The number of hydrogen-bond donors (Lipinski definition) is 1. The van der Waals surface area contributed by atoms with Gasteiger partial charge < -0.3 is 10.2 Å². The molecule has 3 aromatic rings. The molecule has 3 aromatic carbocycles. The largest absolute Gasteiger partial charge is 0.369 e. The van der Waals surface area contributed by atoms with Crippen LogP contribution in [-0.4, -0.2) is 37.0 Å². The fourth-order valence-corrected chi connectivity index (χ4v) is 3.90. The zero-order valence-corrected chi connectivity index (χ0v) is 17.1. The molecule has 4 rings (SSSR count). The summed E-state index contributed by atoms with van der Waals surface area (Å²) in [5.74, 6) is -0.255. The van der Waals surface area contributed by atoms with Gasteiger partial charge in [0, 0.05) is 37.6 Å². The van der Waals surface area contributed by atoms with Gasteiger partial charge in [-0.3, -0.25) is 9.69 Å². The molecule has 1 aliphatic rings. The lowest BCUT2D eigenvalue weighted by atomic mass is 10.0. The summed E-state index contributed by atoms with van der Waals surface area (Å²) < 4.78 is 13.2. The Morgan fingerprint density at radius 1 is 0.867 bits per heavy atom. The lowest BCUT2D eigenvalue weighted by Crippen LogP contribution is -2.50. The maximum atomic E-state index is 13.3. The van der Waals surface area contributed by atoms with Gasteiger partial charge in [0.2, 0.25) is 5.91 Å². The molecule has 0 saturated carbocycles. The van der Waals surface area contributed by atoms with E-state index in [0.717, 1.165) is 48.7 Å². The van der Waals surface area contributed by atoms with Crippen LogP contribution in [0.25, 0.3) is 0 Å². The van der Waals surface area contributed by atoms with Crippen molar-refractivity contribution in [1.29, 1.82) is 0 Å². The Bertz CT molecular complexity index is 966. The predicted octanol–water partition coefficient (Wildman–Crippen LogP) is 4.64. The second kappa shape index (κ2) is 9.09. The van der Waals surface area contributed by atoms with Crippen molar-refractivity contribution < 1.29 is 9.18 Å². The first kappa shape index (κ1) is 20.1.